The molecule has 2 rings (SSSR count). The smallest absolute Gasteiger partial charge is 0.244 e. The summed E-state index contributed by atoms with van der Waals surface area (Å²) in [6, 6.07) is 9.65. The van der Waals surface area contributed by atoms with E-state index in [-0.39, 0.29) is 18.1 Å². The lowest BCUT2D eigenvalue weighted by atomic mass is 10.0. The molecule has 1 amide bonds. The van der Waals surface area contributed by atoms with Gasteiger partial charge in [-0.25, -0.2) is 0 Å². The highest BCUT2D eigenvalue weighted by Gasteiger charge is 2.36. The number of nitrogens with zero attached hydrogens (tertiary/aromatic N) is 2. The SMILES string of the molecule is CCN(CC)C(C(=O)N1CC(O)C1)c1ccccc1. The van der Waals surface area contributed by atoms with Crippen LogP contribution in [0.15, 0.2) is 30.3 Å². The number of amides is 1. The molecule has 1 aliphatic heterocycles. The van der Waals surface area contributed by atoms with Crippen LogP contribution in [-0.4, -0.2) is 53.1 Å². The molecule has 19 heavy (non-hydrogen) atoms. The predicted octanol–water partition coefficient (Wildman–Crippen LogP) is 1.27. The number of hydrogen-bond acceptors (Lipinski definition) is 3. The van der Waals surface area contributed by atoms with Gasteiger partial charge in [-0.05, 0) is 18.7 Å². The Morgan fingerprint density at radius 1 is 1.32 bits per heavy atom. The number of likely N-dealkylation sites (tertiary alicyclic amines) is 1. The van der Waals surface area contributed by atoms with Gasteiger partial charge in [0.1, 0.15) is 6.04 Å². The van der Waals surface area contributed by atoms with Crippen molar-refractivity contribution in [3.8, 4) is 0 Å². The van der Waals surface area contributed by atoms with Crippen molar-refractivity contribution >= 4 is 5.91 Å². The predicted molar refractivity (Wildman–Crippen MR) is 74.7 cm³/mol. The Morgan fingerprint density at radius 3 is 2.37 bits per heavy atom. The topological polar surface area (TPSA) is 43.8 Å². The number of aliphatic hydroxyl groups excluding tert-OH is 1. The molecular formula is C15H22N2O2. The van der Waals surface area contributed by atoms with Gasteiger partial charge >= 0.3 is 0 Å². The van der Waals surface area contributed by atoms with Gasteiger partial charge in [0.15, 0.2) is 0 Å². The van der Waals surface area contributed by atoms with Gasteiger partial charge in [0.25, 0.3) is 0 Å². The highest BCUT2D eigenvalue weighted by Crippen LogP contribution is 2.25. The highest BCUT2D eigenvalue weighted by molar-refractivity contribution is 5.84. The molecule has 0 aromatic heterocycles. The van der Waals surface area contributed by atoms with Crippen LogP contribution in [0.5, 0.6) is 0 Å². The Bertz CT molecular complexity index is 411. The number of rotatable bonds is 5. The number of hydrogen-bond donors (Lipinski definition) is 1. The minimum absolute atomic E-state index is 0.0974. The molecule has 1 N–H and O–H groups in total. The molecule has 0 spiro atoms. The second-order valence-electron chi connectivity index (χ2n) is 4.93. The van der Waals surface area contributed by atoms with Crippen molar-refractivity contribution in [2.75, 3.05) is 26.2 Å². The molecule has 1 saturated heterocycles. The second-order valence-corrected chi connectivity index (χ2v) is 4.93. The van der Waals surface area contributed by atoms with E-state index in [1.54, 1.807) is 4.90 Å². The Balaban J connectivity index is 2.21. The van der Waals surface area contributed by atoms with E-state index in [1.807, 2.05) is 30.3 Å². The molecule has 1 aromatic carbocycles. The lowest BCUT2D eigenvalue weighted by molar-refractivity contribution is -0.147. The van der Waals surface area contributed by atoms with Gasteiger partial charge in [0.05, 0.1) is 6.10 Å². The molecule has 4 nitrogen and oxygen atoms in total. The molecule has 1 heterocycles. The third-order valence-corrected chi connectivity index (χ3v) is 3.70. The lowest BCUT2D eigenvalue weighted by Crippen LogP contribution is -2.56. The first-order chi connectivity index (χ1) is 9.17. The van der Waals surface area contributed by atoms with Gasteiger partial charge in [0, 0.05) is 13.1 Å². The number of β-amino-alcohol motifs (C(OH)–C–C–N with tert-alkyl or cyclic N) is 1. The molecule has 0 bridgehead atoms. The zero-order valence-corrected chi connectivity index (χ0v) is 11.6. The van der Waals surface area contributed by atoms with E-state index < -0.39 is 0 Å². The quantitative estimate of drug-likeness (QED) is 0.869. The van der Waals surface area contributed by atoms with Gasteiger partial charge < -0.3 is 10.0 Å². The lowest BCUT2D eigenvalue weighted by Gasteiger charge is -2.40. The Kier molecular flexibility index (Phi) is 4.56. The van der Waals surface area contributed by atoms with Gasteiger partial charge in [-0.1, -0.05) is 44.2 Å². The number of likely N-dealkylation sites (N-methyl/N-ethyl adjacent to an activating group) is 1. The second kappa shape index (κ2) is 6.17. The first-order valence-corrected chi connectivity index (χ1v) is 6.93. The standard InChI is InChI=1S/C15H22N2O2/c1-3-16(4-2)14(12-8-6-5-7-9-12)15(19)17-10-13(18)11-17/h5-9,13-14,18H,3-4,10-11H2,1-2H3. The van der Waals surface area contributed by atoms with Crippen LogP contribution >= 0.6 is 0 Å². The highest BCUT2D eigenvalue weighted by atomic mass is 16.3. The molecular weight excluding hydrogens is 240 g/mol. The maximum atomic E-state index is 12.6. The minimum atomic E-state index is -0.350. The largest absolute Gasteiger partial charge is 0.389 e. The molecule has 0 aliphatic carbocycles. The summed E-state index contributed by atoms with van der Waals surface area (Å²) in [7, 11) is 0. The van der Waals surface area contributed by atoms with Crippen LogP contribution in [0, 0.1) is 0 Å². The van der Waals surface area contributed by atoms with Crippen LogP contribution in [0.4, 0.5) is 0 Å². The number of benzene rings is 1. The zero-order valence-electron chi connectivity index (χ0n) is 11.6. The normalized spacial score (nSPS) is 17.4. The van der Waals surface area contributed by atoms with Gasteiger partial charge in [-0.2, -0.15) is 0 Å². The third kappa shape index (κ3) is 2.96. The molecule has 1 aromatic rings. The molecule has 1 unspecified atom stereocenters. The van der Waals surface area contributed by atoms with Crippen LogP contribution in [0.25, 0.3) is 0 Å². The number of aliphatic hydroxyl groups is 1. The summed E-state index contributed by atoms with van der Waals surface area (Å²) >= 11 is 0. The van der Waals surface area contributed by atoms with Crippen LogP contribution in [-0.2, 0) is 4.79 Å². The van der Waals surface area contributed by atoms with E-state index in [9.17, 15) is 9.90 Å². The Labute approximate surface area is 114 Å². The molecule has 4 heteroatoms. The monoisotopic (exact) mass is 262 g/mol. The average Bonchev–Trinajstić information content (AvgIpc) is 2.41. The van der Waals surface area contributed by atoms with Crippen molar-refractivity contribution in [3.05, 3.63) is 35.9 Å². The van der Waals surface area contributed by atoms with Crippen molar-refractivity contribution < 1.29 is 9.90 Å². The van der Waals surface area contributed by atoms with Crippen molar-refractivity contribution in [1.29, 1.82) is 0 Å². The van der Waals surface area contributed by atoms with Crippen LogP contribution in [0.3, 0.4) is 0 Å². The van der Waals surface area contributed by atoms with E-state index in [1.165, 1.54) is 0 Å². The Morgan fingerprint density at radius 2 is 1.89 bits per heavy atom. The third-order valence-electron chi connectivity index (χ3n) is 3.70. The van der Waals surface area contributed by atoms with E-state index in [0.29, 0.717) is 13.1 Å². The fourth-order valence-corrected chi connectivity index (χ4v) is 2.54. The van der Waals surface area contributed by atoms with Gasteiger partial charge in [0.2, 0.25) is 5.91 Å². The zero-order chi connectivity index (χ0) is 13.8. The molecule has 104 valence electrons. The van der Waals surface area contributed by atoms with Crippen molar-refractivity contribution in [1.82, 2.24) is 9.80 Å². The Hall–Kier alpha value is -1.39. The maximum absolute atomic E-state index is 12.6. The van der Waals surface area contributed by atoms with Crippen LogP contribution in [0.2, 0.25) is 0 Å². The van der Waals surface area contributed by atoms with Crippen LogP contribution in [0.1, 0.15) is 25.5 Å². The summed E-state index contributed by atoms with van der Waals surface area (Å²) in [5.41, 5.74) is 1.03. The van der Waals surface area contributed by atoms with E-state index in [2.05, 4.69) is 18.7 Å². The molecule has 0 radical (unpaired) electrons. The minimum Gasteiger partial charge on any atom is -0.389 e. The van der Waals surface area contributed by atoms with Crippen LogP contribution < -0.4 is 0 Å². The fourth-order valence-electron chi connectivity index (χ4n) is 2.54. The molecule has 1 atom stereocenters. The van der Waals surface area contributed by atoms with Gasteiger partial charge in [-0.15, -0.1) is 0 Å². The number of carbonyl (C=O) groups is 1. The summed E-state index contributed by atoms with van der Waals surface area (Å²) in [4.78, 5) is 16.5. The first-order valence-electron chi connectivity index (χ1n) is 6.93. The summed E-state index contributed by atoms with van der Waals surface area (Å²) < 4.78 is 0. The van der Waals surface area contributed by atoms with Crippen molar-refractivity contribution in [2.45, 2.75) is 26.0 Å². The molecule has 0 saturated carbocycles. The fraction of sp³-hybridized carbons (Fsp3) is 0.533. The van der Waals surface area contributed by atoms with Gasteiger partial charge in [-0.3, -0.25) is 9.69 Å². The van der Waals surface area contributed by atoms with E-state index in [0.717, 1.165) is 18.7 Å². The summed E-state index contributed by atoms with van der Waals surface area (Å²) in [6.07, 6.45) is -0.350. The maximum Gasteiger partial charge on any atom is 0.244 e. The molecule has 1 fully saturated rings. The molecule has 1 aliphatic rings. The van der Waals surface area contributed by atoms with E-state index in [4.69, 9.17) is 0 Å². The summed E-state index contributed by atoms with van der Waals surface area (Å²) in [6.45, 7) is 6.72. The summed E-state index contributed by atoms with van der Waals surface area (Å²) in [5.74, 6) is 0.0974. The summed E-state index contributed by atoms with van der Waals surface area (Å²) in [5, 5.41) is 9.37. The first kappa shape index (κ1) is 14.0. The van der Waals surface area contributed by atoms with E-state index >= 15 is 0 Å². The van der Waals surface area contributed by atoms with Crippen molar-refractivity contribution in [3.63, 3.8) is 0 Å². The average molecular weight is 262 g/mol. The van der Waals surface area contributed by atoms with Crippen molar-refractivity contribution in [2.24, 2.45) is 0 Å². The number of carbonyl (C=O) groups excluding carboxylic acids is 1.